The van der Waals surface area contributed by atoms with Gasteiger partial charge in [0.1, 0.15) is 6.04 Å². The predicted octanol–water partition coefficient (Wildman–Crippen LogP) is 5.48. The first-order valence-corrected chi connectivity index (χ1v) is 11.9. The molecule has 162 valence electrons. The summed E-state index contributed by atoms with van der Waals surface area (Å²) in [6.45, 7) is 6.76. The van der Waals surface area contributed by atoms with Crippen molar-refractivity contribution in [2.24, 2.45) is 0 Å². The largest absolute Gasteiger partial charge is 0.354 e. The number of carbonyl (C=O) groups is 2. The lowest BCUT2D eigenvalue weighted by Gasteiger charge is -2.29. The Morgan fingerprint density at radius 3 is 2.43 bits per heavy atom. The van der Waals surface area contributed by atoms with Gasteiger partial charge in [0.2, 0.25) is 11.8 Å². The van der Waals surface area contributed by atoms with Crippen LogP contribution in [0.5, 0.6) is 0 Å². The van der Waals surface area contributed by atoms with E-state index in [4.69, 9.17) is 23.2 Å². The molecule has 0 bridgehead atoms. The van der Waals surface area contributed by atoms with E-state index in [1.807, 2.05) is 38.1 Å². The zero-order valence-corrected chi connectivity index (χ0v) is 19.9. The van der Waals surface area contributed by atoms with Crippen molar-refractivity contribution in [1.82, 2.24) is 10.2 Å². The van der Waals surface area contributed by atoms with Gasteiger partial charge < -0.3 is 10.2 Å². The Bertz CT molecular complexity index is 856. The predicted molar refractivity (Wildman–Crippen MR) is 127 cm³/mol. The Hall–Kier alpha value is -1.69. The summed E-state index contributed by atoms with van der Waals surface area (Å²) in [5.41, 5.74) is 2.93. The number of hydrogen-bond donors (Lipinski definition) is 1. The van der Waals surface area contributed by atoms with Crippen molar-refractivity contribution in [2.75, 3.05) is 12.3 Å². The van der Waals surface area contributed by atoms with Crippen LogP contribution in [0.2, 0.25) is 10.0 Å². The fourth-order valence-electron chi connectivity index (χ4n) is 2.98. The first kappa shape index (κ1) is 24.6. The summed E-state index contributed by atoms with van der Waals surface area (Å²) in [4.78, 5) is 27.3. The van der Waals surface area contributed by atoms with E-state index in [2.05, 4.69) is 5.32 Å². The zero-order valence-electron chi connectivity index (χ0n) is 17.6. The number of hydrogen-bond acceptors (Lipinski definition) is 3. The highest BCUT2D eigenvalue weighted by Crippen LogP contribution is 2.28. The lowest BCUT2D eigenvalue weighted by atomic mass is 10.1. The second-order valence-electron chi connectivity index (χ2n) is 7.17. The molecule has 30 heavy (non-hydrogen) atoms. The molecule has 0 spiro atoms. The number of aryl methyl sites for hydroxylation is 1. The highest BCUT2D eigenvalue weighted by molar-refractivity contribution is 7.99. The van der Waals surface area contributed by atoms with Gasteiger partial charge in [0.15, 0.2) is 0 Å². The van der Waals surface area contributed by atoms with Crippen LogP contribution >= 0.6 is 35.0 Å². The van der Waals surface area contributed by atoms with Gasteiger partial charge in [-0.15, -0.1) is 11.8 Å². The van der Waals surface area contributed by atoms with Crippen LogP contribution in [0, 0.1) is 6.92 Å². The summed E-state index contributed by atoms with van der Waals surface area (Å²) in [6.07, 6.45) is 0.846. The van der Waals surface area contributed by atoms with Crippen LogP contribution in [-0.2, 0) is 21.9 Å². The average molecular weight is 467 g/mol. The monoisotopic (exact) mass is 466 g/mol. The van der Waals surface area contributed by atoms with Gasteiger partial charge in [-0.05, 0) is 43.5 Å². The van der Waals surface area contributed by atoms with E-state index in [0.29, 0.717) is 28.9 Å². The smallest absolute Gasteiger partial charge is 0.242 e. The summed E-state index contributed by atoms with van der Waals surface area (Å²) < 4.78 is 0. The van der Waals surface area contributed by atoms with E-state index in [1.165, 1.54) is 11.8 Å². The molecule has 2 rings (SSSR count). The summed E-state index contributed by atoms with van der Waals surface area (Å²) >= 11 is 13.9. The van der Waals surface area contributed by atoms with Crippen LogP contribution in [0.4, 0.5) is 0 Å². The molecule has 0 aliphatic carbocycles. The van der Waals surface area contributed by atoms with Crippen molar-refractivity contribution in [3.63, 3.8) is 0 Å². The lowest BCUT2D eigenvalue weighted by molar-refractivity contribution is -0.138. The molecule has 0 aromatic heterocycles. The quantitative estimate of drug-likeness (QED) is 0.504. The van der Waals surface area contributed by atoms with Gasteiger partial charge >= 0.3 is 0 Å². The number of rotatable bonds is 10. The van der Waals surface area contributed by atoms with Crippen molar-refractivity contribution in [1.29, 1.82) is 0 Å². The maximum absolute atomic E-state index is 13.1. The van der Waals surface area contributed by atoms with Crippen molar-refractivity contribution in [3.8, 4) is 0 Å². The number of halogens is 2. The maximum atomic E-state index is 13.1. The molecule has 2 aromatic rings. The van der Waals surface area contributed by atoms with Gasteiger partial charge in [0.05, 0.1) is 5.75 Å². The fourth-order valence-corrected chi connectivity index (χ4v) is 4.63. The van der Waals surface area contributed by atoms with Crippen molar-refractivity contribution in [3.05, 3.63) is 69.2 Å². The highest BCUT2D eigenvalue weighted by atomic mass is 35.5. The summed E-state index contributed by atoms with van der Waals surface area (Å²) in [7, 11) is 0. The lowest BCUT2D eigenvalue weighted by Crippen LogP contribution is -2.48. The molecule has 0 heterocycles. The Morgan fingerprint density at radius 2 is 1.80 bits per heavy atom. The molecule has 4 nitrogen and oxygen atoms in total. The zero-order chi connectivity index (χ0) is 22.1. The van der Waals surface area contributed by atoms with Crippen LogP contribution in [-0.4, -0.2) is 35.1 Å². The van der Waals surface area contributed by atoms with Crippen molar-refractivity contribution >= 4 is 46.8 Å². The summed E-state index contributed by atoms with van der Waals surface area (Å²) in [6, 6.07) is 12.8. The van der Waals surface area contributed by atoms with Gasteiger partial charge in [-0.25, -0.2) is 0 Å². The minimum atomic E-state index is -0.561. The highest BCUT2D eigenvalue weighted by Gasteiger charge is 2.26. The number of nitrogens with one attached hydrogen (secondary N) is 1. The second-order valence-corrected chi connectivity index (χ2v) is 8.97. The first-order valence-electron chi connectivity index (χ1n) is 9.96. The molecular formula is C23H28Cl2N2O2S. The number of thioether (sulfide) groups is 1. The van der Waals surface area contributed by atoms with Gasteiger partial charge in [-0.1, -0.05) is 66.0 Å². The molecule has 0 radical (unpaired) electrons. The maximum Gasteiger partial charge on any atom is 0.242 e. The van der Waals surface area contributed by atoms with Crippen LogP contribution in [0.15, 0.2) is 42.5 Å². The van der Waals surface area contributed by atoms with E-state index in [9.17, 15) is 9.59 Å². The SMILES string of the molecule is CCCNC(=O)[C@H](C)N(Cc1cccc(C)c1)C(=O)CSCc1c(Cl)cccc1Cl. The molecule has 0 fully saturated rings. The normalized spacial score (nSPS) is 11.8. The topological polar surface area (TPSA) is 49.4 Å². The Labute approximate surface area is 193 Å². The summed E-state index contributed by atoms with van der Waals surface area (Å²) in [5, 5.41) is 4.07. The molecule has 2 amide bonds. The molecule has 0 unspecified atom stereocenters. The Kier molecular flexibility index (Phi) is 10.0. The molecular weight excluding hydrogens is 439 g/mol. The molecule has 0 saturated carbocycles. The number of benzene rings is 2. The Morgan fingerprint density at radius 1 is 1.13 bits per heavy atom. The van der Waals surface area contributed by atoms with Gasteiger partial charge in [-0.3, -0.25) is 9.59 Å². The minimum Gasteiger partial charge on any atom is -0.354 e. The third-order valence-corrected chi connectivity index (χ3v) is 6.34. The number of amides is 2. The van der Waals surface area contributed by atoms with Crippen LogP contribution in [0.3, 0.4) is 0 Å². The standard InChI is InChI=1S/C23H28Cl2N2O2S/c1-4-11-26-23(29)17(3)27(13-18-8-5-7-16(2)12-18)22(28)15-30-14-19-20(24)9-6-10-21(19)25/h5-10,12,17H,4,11,13-15H2,1-3H3,(H,26,29)/t17-/m0/s1. The second kappa shape index (κ2) is 12.2. The molecule has 2 aromatic carbocycles. The van der Waals surface area contributed by atoms with Crippen LogP contribution < -0.4 is 5.32 Å². The van der Waals surface area contributed by atoms with Crippen LogP contribution in [0.25, 0.3) is 0 Å². The molecule has 1 atom stereocenters. The molecule has 0 aliphatic rings. The van der Waals surface area contributed by atoms with Crippen molar-refractivity contribution in [2.45, 2.75) is 45.5 Å². The third-order valence-electron chi connectivity index (χ3n) is 4.69. The van der Waals surface area contributed by atoms with Crippen LogP contribution in [0.1, 0.15) is 37.0 Å². The molecule has 7 heteroatoms. The minimum absolute atomic E-state index is 0.0937. The average Bonchev–Trinajstić information content (AvgIpc) is 2.71. The van der Waals surface area contributed by atoms with E-state index in [-0.39, 0.29) is 17.6 Å². The first-order chi connectivity index (χ1) is 14.3. The van der Waals surface area contributed by atoms with Gasteiger partial charge in [0.25, 0.3) is 0 Å². The van der Waals surface area contributed by atoms with E-state index < -0.39 is 6.04 Å². The van der Waals surface area contributed by atoms with E-state index in [0.717, 1.165) is 23.1 Å². The number of nitrogens with zero attached hydrogens (tertiary/aromatic N) is 1. The Balaban J connectivity index is 2.09. The van der Waals surface area contributed by atoms with E-state index >= 15 is 0 Å². The molecule has 1 N–H and O–H groups in total. The van der Waals surface area contributed by atoms with Gasteiger partial charge in [0, 0.05) is 28.9 Å². The van der Waals surface area contributed by atoms with E-state index in [1.54, 1.807) is 30.0 Å². The van der Waals surface area contributed by atoms with Crippen molar-refractivity contribution < 1.29 is 9.59 Å². The van der Waals surface area contributed by atoms with Gasteiger partial charge in [-0.2, -0.15) is 0 Å². The fraction of sp³-hybridized carbons (Fsp3) is 0.391. The molecule has 0 aliphatic heterocycles. The number of carbonyl (C=O) groups excluding carboxylic acids is 2. The third kappa shape index (κ3) is 7.22. The molecule has 0 saturated heterocycles. The summed E-state index contributed by atoms with van der Waals surface area (Å²) in [5.74, 6) is 0.526.